The van der Waals surface area contributed by atoms with E-state index in [4.69, 9.17) is 5.84 Å². The van der Waals surface area contributed by atoms with Gasteiger partial charge in [0.05, 0.1) is 10.8 Å². The fraction of sp³-hybridized carbons (Fsp3) is 0.167. The minimum absolute atomic E-state index is 0.156. The van der Waals surface area contributed by atoms with E-state index in [-0.39, 0.29) is 22.5 Å². The number of carbonyl (C=O) groups excluding carboxylic acids is 1. The number of rotatable bonds is 5. The van der Waals surface area contributed by atoms with E-state index in [9.17, 15) is 13.6 Å². The van der Waals surface area contributed by atoms with Gasteiger partial charge in [-0.05, 0) is 43.7 Å². The molecule has 2 aromatic carbocycles. The van der Waals surface area contributed by atoms with E-state index in [1.54, 1.807) is 44.2 Å². The van der Waals surface area contributed by atoms with Gasteiger partial charge in [-0.1, -0.05) is 30.0 Å². The van der Waals surface area contributed by atoms with Gasteiger partial charge in [0.1, 0.15) is 11.6 Å². The second kappa shape index (κ2) is 7.75. The molecule has 1 aromatic heterocycles. The molecule has 9 heteroatoms. The minimum atomic E-state index is -0.589. The number of carbonyl (C=O) groups is 1. The van der Waals surface area contributed by atoms with E-state index < -0.39 is 16.9 Å². The predicted octanol–water partition coefficient (Wildman–Crippen LogP) is 3.36. The van der Waals surface area contributed by atoms with E-state index in [0.29, 0.717) is 11.3 Å². The molecule has 0 saturated carbocycles. The molecule has 0 bridgehead atoms. The van der Waals surface area contributed by atoms with Crippen LogP contribution in [0.15, 0.2) is 47.6 Å². The average molecular weight is 389 g/mol. The maximum atomic E-state index is 13.9. The Morgan fingerprint density at radius 1 is 1.19 bits per heavy atom. The van der Waals surface area contributed by atoms with Crippen molar-refractivity contribution in [3.63, 3.8) is 0 Å². The molecule has 0 spiro atoms. The lowest BCUT2D eigenvalue weighted by Gasteiger charge is -2.12. The highest BCUT2D eigenvalue weighted by Crippen LogP contribution is 2.26. The number of aryl methyl sites for hydroxylation is 1. The molecule has 27 heavy (non-hydrogen) atoms. The number of halogens is 2. The second-order valence-electron chi connectivity index (χ2n) is 5.87. The van der Waals surface area contributed by atoms with Crippen LogP contribution in [-0.4, -0.2) is 26.0 Å². The summed E-state index contributed by atoms with van der Waals surface area (Å²) < 4.78 is 28.7. The lowest BCUT2D eigenvalue weighted by Crippen LogP contribution is -2.23. The number of hydrogen-bond acceptors (Lipinski definition) is 5. The third-order valence-electron chi connectivity index (χ3n) is 3.87. The standard InChI is InChI=1S/C18H17F2N5OS/c1-10-7-8-12(9-15(10)20)22-17(26)11(2)27-18-24-23-16(25(18)21)13-5-3-4-6-14(13)19/h3-9,11H,21H2,1-2H3,(H,22,26). The molecule has 140 valence electrons. The molecule has 3 aromatic rings. The van der Waals surface area contributed by atoms with E-state index >= 15 is 0 Å². The zero-order valence-corrected chi connectivity index (χ0v) is 15.4. The zero-order chi connectivity index (χ0) is 19.6. The third kappa shape index (κ3) is 4.08. The SMILES string of the molecule is Cc1ccc(NC(=O)C(C)Sc2nnc(-c3ccccc3F)n2N)cc1F. The second-order valence-corrected chi connectivity index (χ2v) is 7.18. The highest BCUT2D eigenvalue weighted by molar-refractivity contribution is 8.00. The summed E-state index contributed by atoms with van der Waals surface area (Å²) in [6.07, 6.45) is 0. The Morgan fingerprint density at radius 2 is 1.93 bits per heavy atom. The van der Waals surface area contributed by atoms with Crippen molar-refractivity contribution in [3.05, 3.63) is 59.7 Å². The van der Waals surface area contributed by atoms with Crippen LogP contribution in [0.5, 0.6) is 0 Å². The van der Waals surface area contributed by atoms with Crippen molar-refractivity contribution in [3.8, 4) is 11.4 Å². The molecule has 3 rings (SSSR count). The minimum Gasteiger partial charge on any atom is -0.335 e. The van der Waals surface area contributed by atoms with Gasteiger partial charge in [0.25, 0.3) is 0 Å². The molecule has 1 heterocycles. The Labute approximate surface area is 158 Å². The van der Waals surface area contributed by atoms with Crippen LogP contribution in [0.2, 0.25) is 0 Å². The summed E-state index contributed by atoms with van der Waals surface area (Å²) in [7, 11) is 0. The number of nitrogen functional groups attached to an aromatic ring is 1. The Balaban J connectivity index is 1.72. The summed E-state index contributed by atoms with van der Waals surface area (Å²) in [6, 6.07) is 10.5. The van der Waals surface area contributed by atoms with Crippen molar-refractivity contribution in [1.82, 2.24) is 14.9 Å². The van der Waals surface area contributed by atoms with Crippen LogP contribution in [0.25, 0.3) is 11.4 Å². The fourth-order valence-corrected chi connectivity index (χ4v) is 3.08. The summed E-state index contributed by atoms with van der Waals surface area (Å²) >= 11 is 1.06. The normalized spacial score (nSPS) is 12.0. The number of thioether (sulfide) groups is 1. The fourth-order valence-electron chi connectivity index (χ4n) is 2.31. The summed E-state index contributed by atoms with van der Waals surface area (Å²) in [5.41, 5.74) is 1.07. The van der Waals surface area contributed by atoms with Crippen LogP contribution in [0, 0.1) is 18.6 Å². The first kappa shape index (κ1) is 18.8. The van der Waals surface area contributed by atoms with Gasteiger partial charge in [-0.2, -0.15) is 0 Å². The molecular formula is C18H17F2N5OS. The number of nitrogens with zero attached hydrogens (tertiary/aromatic N) is 3. The molecule has 0 aliphatic rings. The van der Waals surface area contributed by atoms with Gasteiger partial charge in [-0.15, -0.1) is 10.2 Å². The average Bonchev–Trinajstić information content (AvgIpc) is 2.99. The quantitative estimate of drug-likeness (QED) is 0.516. The molecule has 3 N–H and O–H groups in total. The van der Waals surface area contributed by atoms with Crippen LogP contribution in [-0.2, 0) is 4.79 Å². The molecule has 6 nitrogen and oxygen atoms in total. The first-order valence-electron chi connectivity index (χ1n) is 8.06. The third-order valence-corrected chi connectivity index (χ3v) is 4.93. The van der Waals surface area contributed by atoms with Crippen LogP contribution in [0.4, 0.5) is 14.5 Å². The van der Waals surface area contributed by atoms with E-state index in [2.05, 4.69) is 15.5 Å². The molecule has 0 fully saturated rings. The van der Waals surface area contributed by atoms with E-state index in [1.807, 2.05) is 0 Å². The molecule has 0 saturated heterocycles. The topological polar surface area (TPSA) is 85.8 Å². The molecule has 0 aliphatic carbocycles. The summed E-state index contributed by atoms with van der Waals surface area (Å²) in [6.45, 7) is 3.29. The molecule has 1 unspecified atom stereocenters. The summed E-state index contributed by atoms with van der Waals surface area (Å²) in [5.74, 6) is 4.90. The number of aromatic nitrogens is 3. The van der Waals surface area contributed by atoms with Crippen molar-refractivity contribution in [2.24, 2.45) is 0 Å². The van der Waals surface area contributed by atoms with Crippen LogP contribution in [0.1, 0.15) is 12.5 Å². The van der Waals surface area contributed by atoms with E-state index in [1.165, 1.54) is 12.1 Å². The van der Waals surface area contributed by atoms with Gasteiger partial charge >= 0.3 is 0 Å². The lowest BCUT2D eigenvalue weighted by atomic mass is 10.2. The van der Waals surface area contributed by atoms with Gasteiger partial charge in [0.15, 0.2) is 5.82 Å². The number of nitrogens with one attached hydrogen (secondary N) is 1. The number of hydrogen-bond donors (Lipinski definition) is 2. The van der Waals surface area contributed by atoms with Crippen LogP contribution in [0.3, 0.4) is 0 Å². The first-order valence-corrected chi connectivity index (χ1v) is 8.94. The predicted molar refractivity (Wildman–Crippen MR) is 101 cm³/mol. The zero-order valence-electron chi connectivity index (χ0n) is 14.6. The maximum absolute atomic E-state index is 13.9. The van der Waals surface area contributed by atoms with Crippen molar-refractivity contribution < 1.29 is 13.6 Å². The van der Waals surface area contributed by atoms with Crippen molar-refractivity contribution >= 4 is 23.4 Å². The Bertz CT molecular complexity index is 992. The summed E-state index contributed by atoms with van der Waals surface area (Å²) in [4.78, 5) is 12.3. The number of anilines is 1. The van der Waals surface area contributed by atoms with Crippen molar-refractivity contribution in [2.45, 2.75) is 24.3 Å². The van der Waals surface area contributed by atoms with Crippen LogP contribution < -0.4 is 11.2 Å². The molecule has 1 atom stereocenters. The first-order chi connectivity index (χ1) is 12.9. The lowest BCUT2D eigenvalue weighted by molar-refractivity contribution is -0.115. The van der Waals surface area contributed by atoms with Crippen molar-refractivity contribution in [2.75, 3.05) is 11.2 Å². The van der Waals surface area contributed by atoms with Gasteiger partial charge in [0, 0.05) is 5.69 Å². The number of nitrogens with two attached hydrogens (primary N) is 1. The highest BCUT2D eigenvalue weighted by Gasteiger charge is 2.21. The highest BCUT2D eigenvalue weighted by atomic mass is 32.2. The number of benzene rings is 2. The Hall–Kier alpha value is -2.94. The summed E-state index contributed by atoms with van der Waals surface area (Å²) in [5, 5.41) is 10.1. The monoisotopic (exact) mass is 389 g/mol. The van der Waals surface area contributed by atoms with Crippen molar-refractivity contribution in [1.29, 1.82) is 0 Å². The number of amides is 1. The molecule has 1 amide bonds. The largest absolute Gasteiger partial charge is 0.335 e. The van der Waals surface area contributed by atoms with E-state index in [0.717, 1.165) is 16.4 Å². The maximum Gasteiger partial charge on any atom is 0.237 e. The molecule has 0 radical (unpaired) electrons. The molecular weight excluding hydrogens is 372 g/mol. The van der Waals surface area contributed by atoms with Gasteiger partial charge < -0.3 is 11.2 Å². The van der Waals surface area contributed by atoms with Gasteiger partial charge in [0.2, 0.25) is 11.1 Å². The van der Waals surface area contributed by atoms with Gasteiger partial charge in [-0.3, -0.25) is 4.79 Å². The smallest absolute Gasteiger partial charge is 0.237 e. The Kier molecular flexibility index (Phi) is 5.41. The molecule has 0 aliphatic heterocycles. The van der Waals surface area contributed by atoms with Crippen LogP contribution >= 0.6 is 11.8 Å². The van der Waals surface area contributed by atoms with Gasteiger partial charge in [-0.25, -0.2) is 13.5 Å². The Morgan fingerprint density at radius 3 is 2.63 bits per heavy atom.